The van der Waals surface area contributed by atoms with E-state index in [2.05, 4.69) is 184 Å². The van der Waals surface area contributed by atoms with Crippen molar-refractivity contribution in [1.82, 2.24) is 0 Å². The Labute approximate surface area is 477 Å². The van der Waals surface area contributed by atoms with Gasteiger partial charge in [0.2, 0.25) is 0 Å². The standard InChI is InChI=1S/C68H108NO8P/c1-6-8-10-12-14-16-18-20-22-24-26-28-30-31-32-33-34-35-36-37-39-41-43-45-47-49-51-53-55-57-59-61-68(71)77-66(65-76-78(72,73)75-63-62-69(3,4)5)64-74-67(70)60-58-56-54-52-50-48-46-44-42-40-38-29-27-25-23-21-19-17-15-13-11-9-7-2/h8-11,14-17,20-23,26-29,31-32,34-35,37,39-40,42-43,45,49,51,66H,6-7,12-13,18-19,24-25,30,33,36,38,41,44,46-48,50,52-65H2,1-5H3/p+1/b10-8-,11-9-,16-14-,17-15-,22-20-,23-21-,28-26-,29-27-,32-31-,35-34-,39-37-,42-40-,45-43-,51-49-. The molecule has 2 atom stereocenters. The first kappa shape index (κ1) is 73.4. The quantitative estimate of drug-likeness (QED) is 0.0211. The molecule has 1 N–H and O–H groups in total. The number of nitrogens with zero attached hydrogens (tertiary/aromatic N) is 1. The van der Waals surface area contributed by atoms with E-state index < -0.39 is 32.5 Å². The van der Waals surface area contributed by atoms with Gasteiger partial charge in [-0.1, -0.05) is 223 Å². The van der Waals surface area contributed by atoms with E-state index in [-0.39, 0.29) is 26.1 Å². The number of carbonyl (C=O) groups excluding carboxylic acids is 2. The maximum Gasteiger partial charge on any atom is 0.472 e. The van der Waals surface area contributed by atoms with Crippen molar-refractivity contribution < 1.29 is 42.1 Å². The molecule has 2 unspecified atom stereocenters. The van der Waals surface area contributed by atoms with Gasteiger partial charge >= 0.3 is 19.8 Å². The summed E-state index contributed by atoms with van der Waals surface area (Å²) >= 11 is 0. The highest BCUT2D eigenvalue weighted by atomic mass is 31.2. The second-order valence-electron chi connectivity index (χ2n) is 20.3. The van der Waals surface area contributed by atoms with Gasteiger partial charge in [0.25, 0.3) is 0 Å². The van der Waals surface area contributed by atoms with Gasteiger partial charge in [-0.3, -0.25) is 18.6 Å². The first-order valence-electron chi connectivity index (χ1n) is 29.9. The lowest BCUT2D eigenvalue weighted by atomic mass is 10.1. The molecule has 0 aliphatic carbocycles. The highest BCUT2D eigenvalue weighted by Crippen LogP contribution is 2.43. The van der Waals surface area contributed by atoms with Crippen LogP contribution < -0.4 is 0 Å². The van der Waals surface area contributed by atoms with Crippen LogP contribution >= 0.6 is 7.82 Å². The van der Waals surface area contributed by atoms with Crippen molar-refractivity contribution >= 4 is 19.8 Å². The summed E-state index contributed by atoms with van der Waals surface area (Å²) < 4.78 is 34.5. The van der Waals surface area contributed by atoms with Gasteiger partial charge in [0.1, 0.15) is 19.8 Å². The minimum atomic E-state index is -4.41. The monoisotopic (exact) mass is 1100 g/mol. The Morgan fingerprint density at radius 2 is 0.692 bits per heavy atom. The Morgan fingerprint density at radius 1 is 0.397 bits per heavy atom. The van der Waals surface area contributed by atoms with Gasteiger partial charge in [-0.25, -0.2) is 4.57 Å². The lowest BCUT2D eigenvalue weighted by Gasteiger charge is -2.24. The summed E-state index contributed by atoms with van der Waals surface area (Å²) in [6.45, 7) is 4.12. The number of rotatable bonds is 52. The van der Waals surface area contributed by atoms with Crippen LogP contribution in [0.15, 0.2) is 170 Å². The van der Waals surface area contributed by atoms with E-state index in [1.54, 1.807) is 0 Å². The molecule has 78 heavy (non-hydrogen) atoms. The van der Waals surface area contributed by atoms with Crippen molar-refractivity contribution in [1.29, 1.82) is 0 Å². The molecule has 438 valence electrons. The molecule has 0 aliphatic rings. The smallest absolute Gasteiger partial charge is 0.462 e. The van der Waals surface area contributed by atoms with Crippen LogP contribution in [0.2, 0.25) is 0 Å². The molecule has 0 spiro atoms. The van der Waals surface area contributed by atoms with E-state index in [4.69, 9.17) is 18.5 Å². The van der Waals surface area contributed by atoms with Crippen LogP contribution in [0.3, 0.4) is 0 Å². The van der Waals surface area contributed by atoms with Gasteiger partial charge in [0.05, 0.1) is 27.7 Å². The first-order valence-corrected chi connectivity index (χ1v) is 31.4. The Kier molecular flexibility index (Phi) is 53.7. The number of ether oxygens (including phenoxy) is 2. The highest BCUT2D eigenvalue weighted by Gasteiger charge is 2.27. The molecule has 0 saturated carbocycles. The first-order chi connectivity index (χ1) is 38.0. The summed E-state index contributed by atoms with van der Waals surface area (Å²) in [7, 11) is 1.42. The molecule has 0 fully saturated rings. The second kappa shape index (κ2) is 57.1. The molecule has 10 heteroatoms. The zero-order valence-corrected chi connectivity index (χ0v) is 50.5. The summed E-state index contributed by atoms with van der Waals surface area (Å²) in [6.07, 6.45) is 87.1. The number of unbranched alkanes of at least 4 members (excludes halogenated alkanes) is 10. The Bertz CT molecular complexity index is 1920. The van der Waals surface area contributed by atoms with Crippen LogP contribution in [0, 0.1) is 0 Å². The third-order valence-corrected chi connectivity index (χ3v) is 12.7. The minimum absolute atomic E-state index is 0.0121. The number of carbonyl (C=O) groups is 2. The maximum absolute atomic E-state index is 12.8. The van der Waals surface area contributed by atoms with Crippen LogP contribution in [0.5, 0.6) is 0 Å². The van der Waals surface area contributed by atoms with Gasteiger partial charge in [0.15, 0.2) is 6.10 Å². The fourth-order valence-corrected chi connectivity index (χ4v) is 7.95. The van der Waals surface area contributed by atoms with Crippen LogP contribution in [0.4, 0.5) is 0 Å². The van der Waals surface area contributed by atoms with E-state index in [1.165, 1.54) is 19.3 Å². The van der Waals surface area contributed by atoms with Gasteiger partial charge in [-0.05, 0) is 128 Å². The summed E-state index contributed by atoms with van der Waals surface area (Å²) in [5.41, 5.74) is 0. The normalized spacial score (nSPS) is 14.5. The predicted molar refractivity (Wildman–Crippen MR) is 334 cm³/mol. The average Bonchev–Trinajstić information content (AvgIpc) is 3.40. The molecule has 0 aromatic heterocycles. The van der Waals surface area contributed by atoms with E-state index in [0.717, 1.165) is 135 Å². The lowest BCUT2D eigenvalue weighted by molar-refractivity contribution is -0.870. The van der Waals surface area contributed by atoms with Crippen molar-refractivity contribution in [2.24, 2.45) is 0 Å². The third kappa shape index (κ3) is 60.6. The molecule has 0 radical (unpaired) electrons. The molecule has 0 heterocycles. The van der Waals surface area contributed by atoms with Crippen LogP contribution in [-0.4, -0.2) is 74.9 Å². The maximum atomic E-state index is 12.8. The van der Waals surface area contributed by atoms with Crippen molar-refractivity contribution in [3.8, 4) is 0 Å². The fraction of sp³-hybridized carbons (Fsp3) is 0.559. The predicted octanol–water partition coefficient (Wildman–Crippen LogP) is 19.0. The van der Waals surface area contributed by atoms with E-state index in [1.807, 2.05) is 21.1 Å². The molecule has 0 aromatic rings. The van der Waals surface area contributed by atoms with E-state index in [9.17, 15) is 19.0 Å². The minimum Gasteiger partial charge on any atom is -0.462 e. The number of allylic oxidation sites excluding steroid dienone is 28. The number of hydrogen-bond acceptors (Lipinski definition) is 7. The van der Waals surface area contributed by atoms with E-state index >= 15 is 0 Å². The van der Waals surface area contributed by atoms with Gasteiger partial charge in [-0.2, -0.15) is 0 Å². The summed E-state index contributed by atoms with van der Waals surface area (Å²) in [5, 5.41) is 0. The molecule has 9 nitrogen and oxygen atoms in total. The molecule has 0 aromatic carbocycles. The third-order valence-electron chi connectivity index (χ3n) is 11.7. The number of esters is 2. The average molecular weight is 1100 g/mol. The molecular formula is C68H109NO8P+. The number of quaternary nitrogens is 1. The molecular weight excluding hydrogens is 990 g/mol. The van der Waals surface area contributed by atoms with E-state index in [0.29, 0.717) is 23.9 Å². The Hall–Kier alpha value is -4.63. The zero-order valence-electron chi connectivity index (χ0n) is 49.6. The fourth-order valence-electron chi connectivity index (χ4n) is 7.21. The van der Waals surface area contributed by atoms with Crippen LogP contribution in [0.1, 0.15) is 194 Å². The van der Waals surface area contributed by atoms with Crippen molar-refractivity contribution in [3.63, 3.8) is 0 Å². The van der Waals surface area contributed by atoms with Gasteiger partial charge in [0, 0.05) is 12.8 Å². The largest absolute Gasteiger partial charge is 0.472 e. The lowest BCUT2D eigenvalue weighted by Crippen LogP contribution is -2.37. The van der Waals surface area contributed by atoms with Crippen LogP contribution in [-0.2, 0) is 32.7 Å². The molecule has 0 amide bonds. The second-order valence-corrected chi connectivity index (χ2v) is 21.7. The number of likely N-dealkylation sites (N-methyl/N-ethyl adjacent to an activating group) is 1. The van der Waals surface area contributed by atoms with Crippen molar-refractivity contribution in [2.75, 3.05) is 47.5 Å². The van der Waals surface area contributed by atoms with Gasteiger partial charge < -0.3 is 18.9 Å². The summed E-state index contributed by atoms with van der Waals surface area (Å²) in [5.74, 6) is -0.865. The molecule has 0 bridgehead atoms. The van der Waals surface area contributed by atoms with Crippen LogP contribution in [0.25, 0.3) is 0 Å². The SMILES string of the molecule is CC/C=C\C/C=C\C/C=C\C/C=C\C/C=C\C/C=C\C/C=C\C/C=C\C/C=C\CCCCCC(=O)OC(COC(=O)CCCCCCCCC/C=C\C/C=C\C/C=C\C/C=C\C/C=C\CC)COP(=O)(O)OCC[N+](C)(C)C. The summed E-state index contributed by atoms with van der Waals surface area (Å²) in [4.78, 5) is 35.7. The zero-order chi connectivity index (χ0) is 57.0. The Morgan fingerprint density at radius 3 is 1.04 bits per heavy atom. The molecule has 0 aliphatic heterocycles. The van der Waals surface area contributed by atoms with Crippen molar-refractivity contribution in [3.05, 3.63) is 170 Å². The Balaban J connectivity index is 4.32. The molecule has 0 saturated heterocycles. The number of hydrogen-bond donors (Lipinski definition) is 1. The molecule has 0 rings (SSSR count). The number of phosphoric ester groups is 1. The summed E-state index contributed by atoms with van der Waals surface area (Å²) in [6, 6.07) is 0. The van der Waals surface area contributed by atoms with Gasteiger partial charge in [-0.15, -0.1) is 0 Å². The number of phosphoric acid groups is 1. The topological polar surface area (TPSA) is 108 Å². The van der Waals surface area contributed by atoms with Crippen molar-refractivity contribution in [2.45, 2.75) is 200 Å². The highest BCUT2D eigenvalue weighted by molar-refractivity contribution is 7.47.